The third-order valence-corrected chi connectivity index (χ3v) is 8.01. The molecule has 2 aromatic carbocycles. The lowest BCUT2D eigenvalue weighted by molar-refractivity contribution is -0.134. The van der Waals surface area contributed by atoms with Crippen LogP contribution in [0.3, 0.4) is 0 Å². The third kappa shape index (κ3) is 4.64. The van der Waals surface area contributed by atoms with Gasteiger partial charge in [0.2, 0.25) is 5.91 Å². The van der Waals surface area contributed by atoms with Gasteiger partial charge in [0.15, 0.2) is 0 Å². The average Bonchev–Trinajstić information content (AvgIpc) is 3.34. The SMILES string of the molecule is Cc1cccc2ccn([C@@H](C)C(=O)N3CCN(c4ccc(S(=O)(=O)Nc5ccncn5)cc4)CC3)c12.[HH].[HH]. The number of hydrogen-bond donors (Lipinski definition) is 1. The van der Waals surface area contributed by atoms with Crippen molar-refractivity contribution in [2.75, 3.05) is 35.8 Å². The lowest BCUT2D eigenvalue weighted by Crippen LogP contribution is -2.50. The summed E-state index contributed by atoms with van der Waals surface area (Å²) in [6, 6.07) is 16.2. The normalized spacial score (nSPS) is 15.2. The molecule has 1 saturated heterocycles. The fourth-order valence-corrected chi connectivity index (χ4v) is 5.69. The zero-order valence-corrected chi connectivity index (χ0v) is 21.0. The number of rotatable bonds is 6. The van der Waals surface area contributed by atoms with Gasteiger partial charge in [0.1, 0.15) is 18.2 Å². The molecule has 1 aliphatic rings. The van der Waals surface area contributed by atoms with E-state index in [1.54, 1.807) is 24.3 Å². The van der Waals surface area contributed by atoms with Crippen LogP contribution < -0.4 is 9.62 Å². The number of fused-ring (bicyclic) bond motifs is 1. The highest BCUT2D eigenvalue weighted by Crippen LogP contribution is 2.26. The Balaban J connectivity index is 0.00000200. The van der Waals surface area contributed by atoms with Gasteiger partial charge in [-0.25, -0.2) is 18.4 Å². The molecule has 5 rings (SSSR count). The molecule has 0 spiro atoms. The van der Waals surface area contributed by atoms with Gasteiger partial charge >= 0.3 is 0 Å². The average molecular weight is 509 g/mol. The van der Waals surface area contributed by atoms with Crippen LogP contribution >= 0.6 is 0 Å². The highest BCUT2D eigenvalue weighted by atomic mass is 32.2. The van der Waals surface area contributed by atoms with Crippen LogP contribution in [-0.2, 0) is 14.8 Å². The second-order valence-electron chi connectivity index (χ2n) is 8.92. The number of carbonyl (C=O) groups is 1. The van der Waals surface area contributed by atoms with Gasteiger partial charge in [-0.2, -0.15) is 0 Å². The van der Waals surface area contributed by atoms with Crippen molar-refractivity contribution >= 4 is 38.3 Å². The number of benzene rings is 2. The number of para-hydroxylation sites is 1. The van der Waals surface area contributed by atoms with Crippen LogP contribution in [0.2, 0.25) is 0 Å². The fourth-order valence-electron chi connectivity index (χ4n) is 4.68. The minimum Gasteiger partial charge on any atom is -0.368 e. The quantitative estimate of drug-likeness (QED) is 0.423. The number of sulfonamides is 1. The molecule has 9 nitrogen and oxygen atoms in total. The molecule has 0 radical (unpaired) electrons. The van der Waals surface area contributed by atoms with Crippen LogP contribution in [0, 0.1) is 6.92 Å². The first-order valence-corrected chi connectivity index (χ1v) is 13.3. The zero-order valence-electron chi connectivity index (χ0n) is 20.2. The summed E-state index contributed by atoms with van der Waals surface area (Å²) in [7, 11) is -3.74. The van der Waals surface area contributed by atoms with Gasteiger partial charge in [-0.15, -0.1) is 0 Å². The Labute approximate surface area is 213 Å². The van der Waals surface area contributed by atoms with E-state index in [2.05, 4.69) is 49.3 Å². The van der Waals surface area contributed by atoms with Gasteiger partial charge in [0, 0.05) is 47.1 Å². The molecule has 0 bridgehead atoms. The number of nitrogens with zero attached hydrogens (tertiary/aromatic N) is 5. The van der Waals surface area contributed by atoms with Crippen molar-refractivity contribution < 1.29 is 16.1 Å². The maximum atomic E-state index is 13.3. The number of nitrogens with one attached hydrogen (secondary N) is 1. The van der Waals surface area contributed by atoms with E-state index in [1.165, 1.54) is 18.6 Å². The summed E-state index contributed by atoms with van der Waals surface area (Å²) in [5, 5.41) is 1.14. The van der Waals surface area contributed by atoms with Gasteiger partial charge < -0.3 is 14.4 Å². The molecule has 10 heteroatoms. The summed E-state index contributed by atoms with van der Waals surface area (Å²) in [6.07, 6.45) is 4.75. The zero-order chi connectivity index (χ0) is 25.3. The van der Waals surface area contributed by atoms with Gasteiger partial charge in [0.05, 0.1) is 10.4 Å². The van der Waals surface area contributed by atoms with Crippen LogP contribution in [0.4, 0.5) is 11.5 Å². The predicted molar refractivity (Wildman–Crippen MR) is 144 cm³/mol. The second kappa shape index (κ2) is 9.62. The third-order valence-electron chi connectivity index (χ3n) is 6.64. The Morgan fingerprint density at radius 3 is 2.47 bits per heavy atom. The number of aryl methyl sites for hydroxylation is 1. The van der Waals surface area contributed by atoms with Crippen molar-refractivity contribution in [2.45, 2.75) is 24.8 Å². The maximum Gasteiger partial charge on any atom is 0.263 e. The molecule has 4 aromatic rings. The monoisotopic (exact) mass is 508 g/mol. The minimum atomic E-state index is -3.74. The lowest BCUT2D eigenvalue weighted by atomic mass is 10.1. The Morgan fingerprint density at radius 1 is 1.03 bits per heavy atom. The molecule has 3 heterocycles. The van der Waals surface area contributed by atoms with Crippen LogP contribution in [0.5, 0.6) is 0 Å². The molecule has 1 amide bonds. The van der Waals surface area contributed by atoms with Gasteiger partial charge in [0.25, 0.3) is 10.0 Å². The van der Waals surface area contributed by atoms with Crippen molar-refractivity contribution in [1.82, 2.24) is 19.4 Å². The van der Waals surface area contributed by atoms with Crippen LogP contribution in [-0.4, -0.2) is 59.9 Å². The highest BCUT2D eigenvalue weighted by Gasteiger charge is 2.27. The first-order chi connectivity index (χ1) is 17.3. The topological polar surface area (TPSA) is 100 Å². The van der Waals surface area contributed by atoms with Crippen LogP contribution in [0.25, 0.3) is 10.9 Å². The fraction of sp³-hybridized carbons (Fsp3) is 0.269. The van der Waals surface area contributed by atoms with E-state index in [-0.39, 0.29) is 25.5 Å². The molecule has 0 aliphatic carbocycles. The highest BCUT2D eigenvalue weighted by molar-refractivity contribution is 7.92. The van der Waals surface area contributed by atoms with E-state index < -0.39 is 10.0 Å². The van der Waals surface area contributed by atoms with Crippen molar-refractivity contribution in [2.24, 2.45) is 0 Å². The van der Waals surface area contributed by atoms with Crippen molar-refractivity contribution in [1.29, 1.82) is 0 Å². The summed E-state index contributed by atoms with van der Waals surface area (Å²) in [6.45, 7) is 6.59. The van der Waals surface area contributed by atoms with E-state index >= 15 is 0 Å². The number of piperazine rings is 1. The summed E-state index contributed by atoms with van der Waals surface area (Å²) in [4.78, 5) is 25.2. The Bertz CT molecular complexity index is 1490. The Kier molecular flexibility index (Phi) is 6.36. The first kappa shape index (κ1) is 23.8. The molecular weight excluding hydrogens is 476 g/mol. The summed E-state index contributed by atoms with van der Waals surface area (Å²) >= 11 is 0. The first-order valence-electron chi connectivity index (χ1n) is 11.8. The summed E-state index contributed by atoms with van der Waals surface area (Å²) < 4.78 is 29.8. The number of anilines is 2. The molecule has 0 unspecified atom stereocenters. The van der Waals surface area contributed by atoms with E-state index in [0.29, 0.717) is 26.2 Å². The van der Waals surface area contributed by atoms with E-state index in [1.807, 2.05) is 24.1 Å². The number of aromatic nitrogens is 3. The Morgan fingerprint density at radius 2 is 1.78 bits per heavy atom. The predicted octanol–water partition coefficient (Wildman–Crippen LogP) is 3.94. The van der Waals surface area contributed by atoms with Crippen molar-refractivity contribution in [3.05, 3.63) is 78.9 Å². The number of hydrogen-bond acceptors (Lipinski definition) is 6. The van der Waals surface area contributed by atoms with Gasteiger partial charge in [-0.05, 0) is 61.2 Å². The molecule has 1 fully saturated rings. The van der Waals surface area contributed by atoms with Gasteiger partial charge in [-0.1, -0.05) is 18.2 Å². The van der Waals surface area contributed by atoms with E-state index in [4.69, 9.17) is 0 Å². The van der Waals surface area contributed by atoms with Crippen LogP contribution in [0.15, 0.2) is 78.2 Å². The number of amides is 1. The molecule has 190 valence electrons. The summed E-state index contributed by atoms with van der Waals surface area (Å²) in [5.41, 5.74) is 3.17. The molecular formula is C26H32N6O3S. The largest absolute Gasteiger partial charge is 0.368 e. The van der Waals surface area contributed by atoms with Gasteiger partial charge in [-0.3, -0.25) is 9.52 Å². The minimum absolute atomic E-state index is 0. The second-order valence-corrected chi connectivity index (χ2v) is 10.6. The maximum absolute atomic E-state index is 13.3. The molecule has 1 N–H and O–H groups in total. The van der Waals surface area contributed by atoms with Crippen molar-refractivity contribution in [3.63, 3.8) is 0 Å². The molecule has 1 aliphatic heterocycles. The molecule has 2 aromatic heterocycles. The number of carbonyl (C=O) groups excluding carboxylic acids is 1. The molecule has 1 atom stereocenters. The van der Waals surface area contributed by atoms with Crippen LogP contribution in [0.1, 0.15) is 21.4 Å². The summed E-state index contributed by atoms with van der Waals surface area (Å²) in [5.74, 6) is 0.319. The van der Waals surface area contributed by atoms with Crippen molar-refractivity contribution in [3.8, 4) is 0 Å². The molecule has 36 heavy (non-hydrogen) atoms. The van der Waals surface area contributed by atoms with E-state index in [0.717, 1.165) is 22.2 Å². The Hall–Kier alpha value is -3.92. The molecule has 0 saturated carbocycles. The lowest BCUT2D eigenvalue weighted by Gasteiger charge is -2.37. The smallest absolute Gasteiger partial charge is 0.263 e. The standard InChI is InChI=1S/C26H28N6O3S.2H2/c1-19-4-3-5-21-11-13-32(25(19)21)20(2)26(33)31-16-14-30(15-17-31)22-6-8-23(9-7-22)36(34,35)29-24-10-12-27-18-28-24;;/h3-13,18,20H,14-17H2,1-2H3,(H,27,28,29);2*1H/t20-;;/m0../s1. The van der Waals surface area contributed by atoms with E-state index in [9.17, 15) is 13.2 Å².